The van der Waals surface area contributed by atoms with Crippen molar-refractivity contribution < 1.29 is 4.74 Å². The van der Waals surface area contributed by atoms with Gasteiger partial charge in [0.15, 0.2) is 0 Å². The van der Waals surface area contributed by atoms with Gasteiger partial charge in [0.2, 0.25) is 0 Å². The Morgan fingerprint density at radius 3 is 1.52 bits per heavy atom. The number of ether oxygens (including phenoxy) is 1. The Labute approximate surface area is 134 Å². The van der Waals surface area contributed by atoms with Crippen molar-refractivity contribution in [3.8, 4) is 0 Å². The Kier molecular flexibility index (Phi) is 8.94. The van der Waals surface area contributed by atoms with Crippen molar-refractivity contribution in [3.05, 3.63) is 0 Å². The molecule has 1 aliphatic heterocycles. The van der Waals surface area contributed by atoms with Gasteiger partial charge in [0.25, 0.3) is 0 Å². The molecular weight excluding hydrogens is 256 g/mol. The molecular formula is C20H40O. The van der Waals surface area contributed by atoms with Crippen LogP contribution in [0.1, 0.15) is 111 Å². The Morgan fingerprint density at radius 1 is 0.667 bits per heavy atom. The van der Waals surface area contributed by atoms with Crippen molar-refractivity contribution in [2.24, 2.45) is 5.41 Å². The van der Waals surface area contributed by atoms with Crippen molar-refractivity contribution in [2.45, 2.75) is 117 Å². The summed E-state index contributed by atoms with van der Waals surface area (Å²) in [5, 5.41) is 0. The van der Waals surface area contributed by atoms with Crippen molar-refractivity contribution in [2.75, 3.05) is 6.61 Å². The van der Waals surface area contributed by atoms with E-state index in [0.717, 1.165) is 6.61 Å². The Hall–Kier alpha value is -0.0400. The molecule has 126 valence electrons. The first-order valence-corrected chi connectivity index (χ1v) is 9.84. The largest absolute Gasteiger partial charge is 0.374 e. The topological polar surface area (TPSA) is 9.23 Å². The first kappa shape index (κ1) is 19.0. The van der Waals surface area contributed by atoms with Gasteiger partial charge in [0.05, 0.1) is 5.60 Å². The maximum atomic E-state index is 6.55. The SMILES string of the molecule is CCCCC1(CCCC)CCOC1(CCCC)CCCC. The quantitative estimate of drug-likeness (QED) is 0.381. The summed E-state index contributed by atoms with van der Waals surface area (Å²) >= 11 is 0. The lowest BCUT2D eigenvalue weighted by Crippen LogP contribution is -2.45. The molecule has 1 saturated heterocycles. The van der Waals surface area contributed by atoms with Crippen LogP contribution < -0.4 is 0 Å². The Bertz CT molecular complexity index is 217. The maximum absolute atomic E-state index is 6.55. The highest BCUT2D eigenvalue weighted by Crippen LogP contribution is 2.55. The van der Waals surface area contributed by atoms with E-state index in [1.807, 2.05) is 0 Å². The van der Waals surface area contributed by atoms with Crippen LogP contribution in [0.2, 0.25) is 0 Å². The molecule has 1 heteroatoms. The zero-order chi connectivity index (χ0) is 15.6. The van der Waals surface area contributed by atoms with Crippen LogP contribution in [0.15, 0.2) is 0 Å². The van der Waals surface area contributed by atoms with Crippen LogP contribution in [0.4, 0.5) is 0 Å². The minimum absolute atomic E-state index is 0.212. The molecule has 1 heterocycles. The van der Waals surface area contributed by atoms with E-state index >= 15 is 0 Å². The molecule has 21 heavy (non-hydrogen) atoms. The lowest BCUT2D eigenvalue weighted by Gasteiger charge is -2.46. The van der Waals surface area contributed by atoms with Crippen molar-refractivity contribution in [1.29, 1.82) is 0 Å². The van der Waals surface area contributed by atoms with E-state index in [1.54, 1.807) is 0 Å². The van der Waals surface area contributed by atoms with E-state index in [9.17, 15) is 0 Å². The third kappa shape index (κ3) is 4.71. The first-order valence-electron chi connectivity index (χ1n) is 9.84. The molecule has 0 bridgehead atoms. The fourth-order valence-corrected chi connectivity index (χ4v) is 4.41. The third-order valence-corrected chi connectivity index (χ3v) is 5.81. The molecule has 0 aromatic rings. The zero-order valence-corrected chi connectivity index (χ0v) is 15.3. The normalized spacial score (nSPS) is 20.0. The third-order valence-electron chi connectivity index (χ3n) is 5.81. The summed E-state index contributed by atoms with van der Waals surface area (Å²) in [6, 6.07) is 0. The van der Waals surface area contributed by atoms with Gasteiger partial charge in [-0.05, 0) is 32.1 Å². The minimum atomic E-state index is 0.212. The van der Waals surface area contributed by atoms with Crippen LogP contribution in [0.5, 0.6) is 0 Å². The molecule has 0 aliphatic carbocycles. The highest BCUT2D eigenvalue weighted by Gasteiger charge is 2.53. The van der Waals surface area contributed by atoms with E-state index < -0.39 is 0 Å². The van der Waals surface area contributed by atoms with Gasteiger partial charge in [-0.25, -0.2) is 0 Å². The number of rotatable bonds is 12. The predicted octanol–water partition coefficient (Wildman–Crippen LogP) is 6.89. The van der Waals surface area contributed by atoms with Gasteiger partial charge in [-0.15, -0.1) is 0 Å². The zero-order valence-electron chi connectivity index (χ0n) is 15.3. The van der Waals surface area contributed by atoms with Gasteiger partial charge in [0, 0.05) is 12.0 Å². The molecule has 1 nitrogen and oxygen atoms in total. The van der Waals surface area contributed by atoms with Crippen LogP contribution in [-0.4, -0.2) is 12.2 Å². The predicted molar refractivity (Wildman–Crippen MR) is 93.8 cm³/mol. The second kappa shape index (κ2) is 9.87. The monoisotopic (exact) mass is 296 g/mol. The summed E-state index contributed by atoms with van der Waals surface area (Å²) in [5.41, 5.74) is 0.701. The molecule has 1 rings (SSSR count). The molecule has 0 spiro atoms. The van der Waals surface area contributed by atoms with Crippen LogP contribution in [0.3, 0.4) is 0 Å². The van der Waals surface area contributed by atoms with E-state index in [2.05, 4.69) is 27.7 Å². The highest BCUT2D eigenvalue weighted by atomic mass is 16.5. The second-order valence-corrected chi connectivity index (χ2v) is 7.29. The van der Waals surface area contributed by atoms with Gasteiger partial charge in [-0.1, -0.05) is 79.1 Å². The fourth-order valence-electron chi connectivity index (χ4n) is 4.41. The van der Waals surface area contributed by atoms with Gasteiger partial charge < -0.3 is 4.74 Å². The maximum Gasteiger partial charge on any atom is 0.0739 e. The molecule has 0 unspecified atom stereocenters. The summed E-state index contributed by atoms with van der Waals surface area (Å²) in [5.74, 6) is 0. The van der Waals surface area contributed by atoms with Crippen molar-refractivity contribution in [1.82, 2.24) is 0 Å². The summed E-state index contributed by atoms with van der Waals surface area (Å²) < 4.78 is 6.55. The summed E-state index contributed by atoms with van der Waals surface area (Å²) in [7, 11) is 0. The number of unbranched alkanes of at least 4 members (excludes halogenated alkanes) is 4. The first-order chi connectivity index (χ1) is 10.2. The van der Waals surface area contributed by atoms with E-state index in [4.69, 9.17) is 4.74 Å². The minimum Gasteiger partial charge on any atom is -0.374 e. The van der Waals surface area contributed by atoms with Crippen LogP contribution in [-0.2, 0) is 4.74 Å². The van der Waals surface area contributed by atoms with Crippen LogP contribution in [0.25, 0.3) is 0 Å². The molecule has 1 fully saturated rings. The molecule has 0 aromatic heterocycles. The van der Waals surface area contributed by atoms with Gasteiger partial charge in [0.1, 0.15) is 0 Å². The molecule has 0 radical (unpaired) electrons. The fraction of sp³-hybridized carbons (Fsp3) is 1.00. The highest BCUT2D eigenvalue weighted by molar-refractivity contribution is 5.03. The van der Waals surface area contributed by atoms with Gasteiger partial charge in [-0.3, -0.25) is 0 Å². The van der Waals surface area contributed by atoms with Gasteiger partial charge >= 0.3 is 0 Å². The summed E-state index contributed by atoms with van der Waals surface area (Å²) in [6.45, 7) is 10.3. The Morgan fingerprint density at radius 2 is 1.10 bits per heavy atom. The molecule has 0 saturated carbocycles. The molecule has 0 atom stereocenters. The lowest BCUT2D eigenvalue weighted by atomic mass is 9.62. The van der Waals surface area contributed by atoms with Crippen LogP contribution in [0, 0.1) is 5.41 Å². The molecule has 1 aliphatic rings. The van der Waals surface area contributed by atoms with Crippen molar-refractivity contribution in [3.63, 3.8) is 0 Å². The van der Waals surface area contributed by atoms with Crippen molar-refractivity contribution >= 4 is 0 Å². The number of hydrogen-bond donors (Lipinski definition) is 0. The number of hydrogen-bond acceptors (Lipinski definition) is 1. The smallest absolute Gasteiger partial charge is 0.0739 e. The lowest BCUT2D eigenvalue weighted by molar-refractivity contribution is -0.0876. The Balaban J connectivity index is 2.94. The van der Waals surface area contributed by atoms with E-state index in [0.29, 0.717) is 5.41 Å². The van der Waals surface area contributed by atoms with E-state index in [1.165, 1.54) is 83.5 Å². The molecule has 0 N–H and O–H groups in total. The average Bonchev–Trinajstić information content (AvgIpc) is 2.86. The second-order valence-electron chi connectivity index (χ2n) is 7.29. The molecule has 0 aromatic carbocycles. The summed E-state index contributed by atoms with van der Waals surface area (Å²) in [4.78, 5) is 0. The van der Waals surface area contributed by atoms with Gasteiger partial charge in [-0.2, -0.15) is 0 Å². The van der Waals surface area contributed by atoms with Crippen LogP contribution >= 0.6 is 0 Å². The molecule has 0 amide bonds. The average molecular weight is 297 g/mol. The standard InChI is InChI=1S/C20H40O/c1-5-9-13-19(14-10-6-2)17-18-21-20(19,15-11-7-3)16-12-8-4/h5-18H2,1-4H3. The summed E-state index contributed by atoms with van der Waals surface area (Å²) in [6.07, 6.45) is 17.4. The van der Waals surface area contributed by atoms with E-state index in [-0.39, 0.29) is 5.60 Å².